The molecular weight excluding hydrogens is 498 g/mol. The highest BCUT2D eigenvalue weighted by Crippen LogP contribution is 2.36. The number of likely N-dealkylation sites (tertiary alicyclic amines) is 1. The third-order valence-electron chi connectivity index (χ3n) is 7.67. The Bertz CT molecular complexity index is 1120. The van der Waals surface area contributed by atoms with Gasteiger partial charge in [-0.05, 0) is 41.9 Å². The SMILES string of the molecule is CC(C)c1cccc(C2=CCN(S(=O)(=O)CC3(C(=O)NO)CCN(C(=O)O[C@H]4CCOC4)CC3)CC2)c1. The molecule has 0 unspecified atom stereocenters. The minimum atomic E-state index is -3.81. The van der Waals surface area contributed by atoms with Gasteiger partial charge in [-0.2, -0.15) is 4.31 Å². The number of hydroxylamine groups is 1. The van der Waals surface area contributed by atoms with Crippen LogP contribution in [0.3, 0.4) is 0 Å². The lowest BCUT2D eigenvalue weighted by atomic mass is 9.79. The Morgan fingerprint density at radius 3 is 2.59 bits per heavy atom. The van der Waals surface area contributed by atoms with Crippen LogP contribution < -0.4 is 5.48 Å². The molecule has 3 aliphatic rings. The van der Waals surface area contributed by atoms with Crippen molar-refractivity contribution in [3.05, 3.63) is 41.5 Å². The lowest BCUT2D eigenvalue weighted by Crippen LogP contribution is -2.54. The van der Waals surface area contributed by atoms with Crippen LogP contribution in [0.15, 0.2) is 30.3 Å². The molecular formula is C26H37N3O7S. The zero-order valence-electron chi connectivity index (χ0n) is 21.5. The van der Waals surface area contributed by atoms with Gasteiger partial charge in [-0.25, -0.2) is 18.7 Å². The second kappa shape index (κ2) is 11.5. The Balaban J connectivity index is 1.41. The summed E-state index contributed by atoms with van der Waals surface area (Å²) in [4.78, 5) is 26.7. The third-order valence-corrected chi connectivity index (χ3v) is 9.70. The predicted octanol–water partition coefficient (Wildman–Crippen LogP) is 2.74. The van der Waals surface area contributed by atoms with E-state index in [9.17, 15) is 23.2 Å². The van der Waals surface area contributed by atoms with Gasteiger partial charge in [-0.15, -0.1) is 0 Å². The summed E-state index contributed by atoms with van der Waals surface area (Å²) >= 11 is 0. The maximum Gasteiger partial charge on any atom is 0.410 e. The van der Waals surface area contributed by atoms with Gasteiger partial charge in [0.25, 0.3) is 5.91 Å². The topological polar surface area (TPSA) is 125 Å². The number of nitrogens with one attached hydrogen (secondary N) is 1. The molecule has 0 saturated carbocycles. The number of carbonyl (C=O) groups is 2. The van der Waals surface area contributed by atoms with Crippen molar-refractivity contribution < 1.29 is 32.7 Å². The maximum atomic E-state index is 13.4. The second-order valence-corrected chi connectivity index (χ2v) is 12.4. The number of nitrogens with zero attached hydrogens (tertiary/aromatic N) is 2. The minimum Gasteiger partial charge on any atom is -0.444 e. The number of ether oxygens (including phenoxy) is 2. The quantitative estimate of drug-likeness (QED) is 0.406. The minimum absolute atomic E-state index is 0.103. The van der Waals surface area contributed by atoms with E-state index in [-0.39, 0.29) is 38.6 Å². The summed E-state index contributed by atoms with van der Waals surface area (Å²) in [6, 6.07) is 8.31. The Kier molecular flexibility index (Phi) is 8.57. The van der Waals surface area contributed by atoms with Gasteiger partial charge in [0.2, 0.25) is 10.0 Å². The molecule has 0 spiro atoms. The Morgan fingerprint density at radius 2 is 2.00 bits per heavy atom. The molecule has 4 rings (SSSR count). The van der Waals surface area contributed by atoms with Gasteiger partial charge in [-0.3, -0.25) is 10.0 Å². The average Bonchev–Trinajstić information content (AvgIpc) is 3.41. The first-order chi connectivity index (χ1) is 17.6. The monoisotopic (exact) mass is 535 g/mol. The van der Waals surface area contributed by atoms with E-state index in [0.717, 1.165) is 11.1 Å². The third kappa shape index (κ3) is 6.34. The van der Waals surface area contributed by atoms with Crippen LogP contribution in [0.2, 0.25) is 0 Å². The number of rotatable bonds is 7. The van der Waals surface area contributed by atoms with Crippen LogP contribution in [-0.4, -0.2) is 86.1 Å². The van der Waals surface area contributed by atoms with Crippen LogP contribution in [-0.2, 0) is 24.3 Å². The molecule has 2 amide bonds. The number of carbonyl (C=O) groups excluding carboxylic acids is 2. The summed E-state index contributed by atoms with van der Waals surface area (Å²) in [5.74, 6) is -0.774. The van der Waals surface area contributed by atoms with E-state index in [4.69, 9.17) is 9.47 Å². The molecule has 0 radical (unpaired) electrons. The number of hydrogen-bond acceptors (Lipinski definition) is 7. The summed E-state index contributed by atoms with van der Waals surface area (Å²) < 4.78 is 38.9. The van der Waals surface area contributed by atoms with Gasteiger partial charge in [0.15, 0.2) is 0 Å². The lowest BCUT2D eigenvalue weighted by Gasteiger charge is -2.40. The van der Waals surface area contributed by atoms with Gasteiger partial charge >= 0.3 is 6.09 Å². The molecule has 204 valence electrons. The van der Waals surface area contributed by atoms with Gasteiger partial charge < -0.3 is 14.4 Å². The van der Waals surface area contributed by atoms with E-state index >= 15 is 0 Å². The molecule has 3 aliphatic heterocycles. The summed E-state index contributed by atoms with van der Waals surface area (Å²) in [5.41, 5.74) is 3.77. The number of piperidine rings is 1. The highest BCUT2D eigenvalue weighted by molar-refractivity contribution is 7.89. The first-order valence-electron chi connectivity index (χ1n) is 12.9. The fraction of sp³-hybridized carbons (Fsp3) is 0.615. The molecule has 2 fully saturated rings. The van der Waals surface area contributed by atoms with Crippen LogP contribution in [0.25, 0.3) is 5.57 Å². The molecule has 37 heavy (non-hydrogen) atoms. The van der Waals surface area contributed by atoms with Crippen LogP contribution in [0.5, 0.6) is 0 Å². The highest BCUT2D eigenvalue weighted by atomic mass is 32.2. The van der Waals surface area contributed by atoms with E-state index in [2.05, 4.69) is 26.0 Å². The highest BCUT2D eigenvalue weighted by Gasteiger charge is 2.47. The standard InChI is InChI=1S/C26H37N3O7S/c1-19(2)21-4-3-5-22(16-21)20-6-11-29(12-7-20)37(33,34)18-26(24(30)27-32)9-13-28(14-10-26)25(31)36-23-8-15-35-17-23/h3-6,16,19,23,32H,7-15,17-18H2,1-2H3,(H,27,30)/t23-/m0/s1. The summed E-state index contributed by atoms with van der Waals surface area (Å²) in [7, 11) is -3.81. The second-order valence-electron chi connectivity index (χ2n) is 10.5. The van der Waals surface area contributed by atoms with E-state index in [0.29, 0.717) is 38.5 Å². The number of sulfonamides is 1. The molecule has 0 aliphatic carbocycles. The Labute approximate surface area is 218 Å². The van der Waals surface area contributed by atoms with Crippen molar-refractivity contribution in [2.24, 2.45) is 5.41 Å². The van der Waals surface area contributed by atoms with E-state index in [1.807, 2.05) is 18.2 Å². The molecule has 3 heterocycles. The number of benzene rings is 1. The van der Waals surface area contributed by atoms with Crippen LogP contribution in [0.4, 0.5) is 4.79 Å². The van der Waals surface area contributed by atoms with E-state index < -0.39 is 33.2 Å². The summed E-state index contributed by atoms with van der Waals surface area (Å²) in [6.45, 7) is 6.05. The van der Waals surface area contributed by atoms with Gasteiger partial charge in [-0.1, -0.05) is 44.2 Å². The maximum absolute atomic E-state index is 13.4. The van der Waals surface area contributed by atoms with Crippen molar-refractivity contribution >= 4 is 27.6 Å². The molecule has 1 atom stereocenters. The molecule has 1 aromatic carbocycles. The first-order valence-corrected chi connectivity index (χ1v) is 14.5. The van der Waals surface area contributed by atoms with Crippen molar-refractivity contribution in [2.75, 3.05) is 45.1 Å². The van der Waals surface area contributed by atoms with Crippen LogP contribution in [0.1, 0.15) is 56.6 Å². The first kappa shape index (κ1) is 27.6. The van der Waals surface area contributed by atoms with E-state index in [1.165, 1.54) is 14.8 Å². The molecule has 11 heteroatoms. The van der Waals surface area contributed by atoms with Gasteiger partial charge in [0.1, 0.15) is 6.10 Å². The predicted molar refractivity (Wildman–Crippen MR) is 137 cm³/mol. The normalized spacial score (nSPS) is 22.5. The molecule has 2 N–H and O–H groups in total. The fourth-order valence-electron chi connectivity index (χ4n) is 5.20. The molecule has 2 saturated heterocycles. The van der Waals surface area contributed by atoms with Gasteiger partial charge in [0, 0.05) is 32.6 Å². The fourth-order valence-corrected chi connectivity index (χ4v) is 7.17. The van der Waals surface area contributed by atoms with Crippen molar-refractivity contribution in [3.63, 3.8) is 0 Å². The smallest absolute Gasteiger partial charge is 0.410 e. The van der Waals surface area contributed by atoms with Crippen molar-refractivity contribution in [3.8, 4) is 0 Å². The molecule has 1 aromatic rings. The number of hydrogen-bond donors (Lipinski definition) is 2. The van der Waals surface area contributed by atoms with Crippen molar-refractivity contribution in [2.45, 2.75) is 51.6 Å². The largest absolute Gasteiger partial charge is 0.444 e. The Hall–Kier alpha value is -2.47. The molecule has 0 bridgehead atoms. The summed E-state index contributed by atoms with van der Waals surface area (Å²) in [5, 5.41) is 9.41. The van der Waals surface area contributed by atoms with Gasteiger partial charge in [0.05, 0.1) is 24.4 Å². The van der Waals surface area contributed by atoms with Crippen molar-refractivity contribution in [1.29, 1.82) is 0 Å². The van der Waals surface area contributed by atoms with Crippen LogP contribution >= 0.6 is 0 Å². The summed E-state index contributed by atoms with van der Waals surface area (Å²) in [6.07, 6.45) is 2.58. The Morgan fingerprint density at radius 1 is 1.24 bits per heavy atom. The average molecular weight is 536 g/mol. The zero-order valence-corrected chi connectivity index (χ0v) is 22.3. The zero-order chi connectivity index (χ0) is 26.6. The number of amides is 2. The molecule has 0 aromatic heterocycles. The van der Waals surface area contributed by atoms with Crippen LogP contribution in [0, 0.1) is 5.41 Å². The molecule has 10 nitrogen and oxygen atoms in total. The van der Waals surface area contributed by atoms with E-state index in [1.54, 1.807) is 5.48 Å². The lowest BCUT2D eigenvalue weighted by molar-refractivity contribution is -0.141. The van der Waals surface area contributed by atoms with Crippen molar-refractivity contribution in [1.82, 2.24) is 14.7 Å².